The first-order valence-electron chi connectivity index (χ1n) is 2.90. The molecule has 0 atom stereocenters. The van der Waals surface area contributed by atoms with Crippen LogP contribution in [-0.4, -0.2) is 0 Å². The molecule has 0 amide bonds. The highest BCUT2D eigenvalue weighted by atomic mass is 32.1. The molecule has 0 aromatic heterocycles. The van der Waals surface area contributed by atoms with Crippen molar-refractivity contribution >= 4 is 12.6 Å². The Bertz CT molecular complexity index is 237. The first kappa shape index (κ1) is 7.28. The van der Waals surface area contributed by atoms with Crippen LogP contribution in [0.5, 0.6) is 0 Å². The van der Waals surface area contributed by atoms with Gasteiger partial charge >= 0.3 is 0 Å². The van der Waals surface area contributed by atoms with E-state index in [0.29, 0.717) is 0 Å². The van der Waals surface area contributed by atoms with Crippen LogP contribution in [0.3, 0.4) is 0 Å². The molecule has 0 aliphatic rings. The molecular formula is C7H7NOS. The molecule has 3 heteroatoms. The quantitative estimate of drug-likeness (QED) is 0.512. The molecule has 0 radical (unpaired) electrons. The van der Waals surface area contributed by atoms with Crippen LogP contribution < -0.4 is 0 Å². The van der Waals surface area contributed by atoms with Gasteiger partial charge in [0.2, 0.25) is 0 Å². The van der Waals surface area contributed by atoms with E-state index in [1.54, 1.807) is 0 Å². The monoisotopic (exact) mass is 153 g/mol. The second-order valence-electron chi connectivity index (χ2n) is 1.96. The molecule has 0 fully saturated rings. The maximum Gasteiger partial charge on any atom is 0.106 e. The number of nitrogens with zero attached hydrogens (tertiary/aromatic N) is 1. The Morgan fingerprint density at radius 3 is 2.90 bits per heavy atom. The lowest BCUT2D eigenvalue weighted by Crippen LogP contribution is -1.78. The third-order valence-electron chi connectivity index (χ3n) is 1.16. The van der Waals surface area contributed by atoms with Crippen LogP contribution in [-0.2, 0) is 6.54 Å². The summed E-state index contributed by atoms with van der Waals surface area (Å²) in [4.78, 5) is 10.7. The minimum absolute atomic E-state index is 0.231. The van der Waals surface area contributed by atoms with Crippen LogP contribution in [0, 0.1) is 4.91 Å². The van der Waals surface area contributed by atoms with Gasteiger partial charge in [0.1, 0.15) is 6.54 Å². The van der Waals surface area contributed by atoms with Crippen molar-refractivity contribution in [2.45, 2.75) is 11.4 Å². The van der Waals surface area contributed by atoms with Crippen molar-refractivity contribution in [3.05, 3.63) is 34.7 Å². The van der Waals surface area contributed by atoms with Crippen LogP contribution in [0.15, 0.2) is 34.3 Å². The Labute approximate surface area is 64.6 Å². The van der Waals surface area contributed by atoms with Crippen LogP contribution >= 0.6 is 12.6 Å². The molecule has 1 aromatic carbocycles. The van der Waals surface area contributed by atoms with Gasteiger partial charge in [0, 0.05) is 4.90 Å². The topological polar surface area (TPSA) is 29.4 Å². The SMILES string of the molecule is O=NCc1cccc(S)c1. The molecule has 10 heavy (non-hydrogen) atoms. The number of thiol groups is 1. The lowest BCUT2D eigenvalue weighted by molar-refractivity contribution is 1.05. The van der Waals surface area contributed by atoms with Gasteiger partial charge in [0.25, 0.3) is 0 Å². The summed E-state index contributed by atoms with van der Waals surface area (Å²) in [7, 11) is 0. The molecule has 1 rings (SSSR count). The second-order valence-corrected chi connectivity index (χ2v) is 2.47. The maximum atomic E-state index is 9.81. The third-order valence-corrected chi connectivity index (χ3v) is 1.44. The molecule has 0 saturated heterocycles. The van der Waals surface area contributed by atoms with Crippen molar-refractivity contribution in [3.63, 3.8) is 0 Å². The highest BCUT2D eigenvalue weighted by Gasteiger charge is 1.90. The molecule has 0 saturated carbocycles. The van der Waals surface area contributed by atoms with Gasteiger partial charge in [-0.25, -0.2) is 0 Å². The summed E-state index contributed by atoms with van der Waals surface area (Å²) in [6, 6.07) is 7.38. The summed E-state index contributed by atoms with van der Waals surface area (Å²) in [5.74, 6) is 0. The van der Waals surface area contributed by atoms with E-state index in [0.717, 1.165) is 10.5 Å². The van der Waals surface area contributed by atoms with Crippen molar-refractivity contribution in [1.29, 1.82) is 0 Å². The zero-order chi connectivity index (χ0) is 7.40. The van der Waals surface area contributed by atoms with Crippen molar-refractivity contribution in [2.75, 3.05) is 0 Å². The predicted octanol–water partition coefficient (Wildman–Crippen LogP) is 2.24. The van der Waals surface area contributed by atoms with E-state index in [9.17, 15) is 4.91 Å². The van der Waals surface area contributed by atoms with E-state index >= 15 is 0 Å². The number of rotatable bonds is 2. The average molecular weight is 153 g/mol. The summed E-state index contributed by atoms with van der Waals surface area (Å²) < 4.78 is 0. The summed E-state index contributed by atoms with van der Waals surface area (Å²) in [6.45, 7) is 0.231. The summed E-state index contributed by atoms with van der Waals surface area (Å²) in [5, 5.41) is 2.76. The minimum Gasteiger partial charge on any atom is -0.150 e. The first-order chi connectivity index (χ1) is 4.83. The van der Waals surface area contributed by atoms with Crippen molar-refractivity contribution < 1.29 is 0 Å². The molecular weight excluding hydrogens is 146 g/mol. The van der Waals surface area contributed by atoms with Gasteiger partial charge in [-0.3, -0.25) is 0 Å². The van der Waals surface area contributed by atoms with Crippen LogP contribution in [0.1, 0.15) is 5.56 Å². The van der Waals surface area contributed by atoms with Crippen LogP contribution in [0.25, 0.3) is 0 Å². The average Bonchev–Trinajstić information content (AvgIpc) is 1.88. The fraction of sp³-hybridized carbons (Fsp3) is 0.143. The predicted molar refractivity (Wildman–Crippen MR) is 43.2 cm³/mol. The van der Waals surface area contributed by atoms with Crippen LogP contribution in [0.4, 0.5) is 0 Å². The maximum absolute atomic E-state index is 9.81. The molecule has 0 spiro atoms. The largest absolute Gasteiger partial charge is 0.150 e. The molecule has 0 N–H and O–H groups in total. The summed E-state index contributed by atoms with van der Waals surface area (Å²) in [5.41, 5.74) is 0.905. The molecule has 0 unspecified atom stereocenters. The van der Waals surface area contributed by atoms with E-state index in [1.165, 1.54) is 0 Å². The minimum atomic E-state index is 0.231. The fourth-order valence-corrected chi connectivity index (χ4v) is 0.981. The van der Waals surface area contributed by atoms with Crippen LogP contribution in [0.2, 0.25) is 0 Å². The molecule has 0 bridgehead atoms. The molecule has 0 aliphatic heterocycles. The molecule has 1 aromatic rings. The van der Waals surface area contributed by atoms with Gasteiger partial charge in [-0.05, 0) is 17.7 Å². The van der Waals surface area contributed by atoms with Gasteiger partial charge in [-0.2, -0.15) is 4.91 Å². The first-order valence-corrected chi connectivity index (χ1v) is 3.34. The third kappa shape index (κ3) is 1.84. The molecule has 0 heterocycles. The highest BCUT2D eigenvalue weighted by Crippen LogP contribution is 2.09. The van der Waals surface area contributed by atoms with E-state index in [1.807, 2.05) is 24.3 Å². The van der Waals surface area contributed by atoms with Crippen molar-refractivity contribution in [1.82, 2.24) is 0 Å². The lowest BCUT2D eigenvalue weighted by Gasteiger charge is -1.93. The van der Waals surface area contributed by atoms with Gasteiger partial charge < -0.3 is 0 Å². The van der Waals surface area contributed by atoms with Crippen molar-refractivity contribution in [3.8, 4) is 0 Å². The molecule has 0 aliphatic carbocycles. The normalized spacial score (nSPS) is 9.30. The van der Waals surface area contributed by atoms with E-state index < -0.39 is 0 Å². The number of nitroso groups, excluding NO2 is 1. The zero-order valence-electron chi connectivity index (χ0n) is 5.32. The standard InChI is InChI=1S/C7H7NOS/c9-8-5-6-2-1-3-7(10)4-6/h1-4,10H,5H2. The Morgan fingerprint density at radius 2 is 2.30 bits per heavy atom. The fourth-order valence-electron chi connectivity index (χ4n) is 0.729. The summed E-state index contributed by atoms with van der Waals surface area (Å²) in [6.07, 6.45) is 0. The Kier molecular flexibility index (Phi) is 2.45. The van der Waals surface area contributed by atoms with Gasteiger partial charge in [-0.1, -0.05) is 17.3 Å². The molecule has 52 valence electrons. The number of hydrogen-bond donors (Lipinski definition) is 1. The van der Waals surface area contributed by atoms with E-state index in [4.69, 9.17) is 0 Å². The Balaban J connectivity index is 2.84. The second kappa shape index (κ2) is 3.37. The number of hydrogen-bond acceptors (Lipinski definition) is 3. The van der Waals surface area contributed by atoms with Gasteiger partial charge in [0.15, 0.2) is 0 Å². The Hall–Kier alpha value is -0.830. The van der Waals surface area contributed by atoms with Gasteiger partial charge in [0.05, 0.1) is 0 Å². The molecule has 2 nitrogen and oxygen atoms in total. The van der Waals surface area contributed by atoms with Crippen molar-refractivity contribution in [2.24, 2.45) is 5.18 Å². The Morgan fingerprint density at radius 1 is 1.50 bits per heavy atom. The summed E-state index contributed by atoms with van der Waals surface area (Å²) >= 11 is 4.10. The number of benzene rings is 1. The van der Waals surface area contributed by atoms with E-state index in [-0.39, 0.29) is 6.54 Å². The van der Waals surface area contributed by atoms with E-state index in [2.05, 4.69) is 17.8 Å². The highest BCUT2D eigenvalue weighted by molar-refractivity contribution is 7.80. The smallest absolute Gasteiger partial charge is 0.106 e. The van der Waals surface area contributed by atoms with Gasteiger partial charge in [-0.15, -0.1) is 12.6 Å². The lowest BCUT2D eigenvalue weighted by atomic mass is 10.2. The zero-order valence-corrected chi connectivity index (χ0v) is 6.21.